The van der Waals surface area contributed by atoms with Gasteiger partial charge in [0.15, 0.2) is 0 Å². The smallest absolute Gasteiger partial charge is 0.339 e. The van der Waals surface area contributed by atoms with Gasteiger partial charge in [-0.1, -0.05) is 12.1 Å². The van der Waals surface area contributed by atoms with E-state index in [0.29, 0.717) is 19.1 Å². The number of amides is 1. The Morgan fingerprint density at radius 1 is 1.15 bits per heavy atom. The number of ether oxygens (including phenoxy) is 1. The first kappa shape index (κ1) is 18.8. The van der Waals surface area contributed by atoms with E-state index in [9.17, 15) is 18.0 Å². The summed E-state index contributed by atoms with van der Waals surface area (Å²) in [6.07, 6.45) is 2.08. The lowest BCUT2D eigenvalue weighted by Gasteiger charge is -2.33. The summed E-state index contributed by atoms with van der Waals surface area (Å²) in [6.45, 7) is 1.77. The van der Waals surface area contributed by atoms with Crippen molar-refractivity contribution in [2.24, 2.45) is 0 Å². The molecule has 1 saturated carbocycles. The van der Waals surface area contributed by atoms with Crippen LogP contribution in [0.15, 0.2) is 29.2 Å². The van der Waals surface area contributed by atoms with Crippen molar-refractivity contribution < 1.29 is 22.7 Å². The van der Waals surface area contributed by atoms with Gasteiger partial charge in [-0.05, 0) is 25.0 Å². The number of sulfonamides is 1. The molecule has 2 fully saturated rings. The fourth-order valence-electron chi connectivity index (χ4n) is 2.94. The van der Waals surface area contributed by atoms with Crippen molar-refractivity contribution in [2.45, 2.75) is 23.8 Å². The summed E-state index contributed by atoms with van der Waals surface area (Å²) < 4.78 is 31.9. The molecule has 0 unspecified atom stereocenters. The highest BCUT2D eigenvalue weighted by Gasteiger charge is 2.32. The molecule has 9 heteroatoms. The minimum Gasteiger partial charge on any atom is -0.465 e. The van der Waals surface area contributed by atoms with E-state index in [4.69, 9.17) is 0 Å². The molecule has 8 nitrogen and oxygen atoms in total. The highest BCUT2D eigenvalue weighted by atomic mass is 32.2. The van der Waals surface area contributed by atoms with Crippen molar-refractivity contribution in [2.75, 3.05) is 39.8 Å². The monoisotopic (exact) mass is 381 g/mol. The molecule has 0 aromatic heterocycles. The van der Waals surface area contributed by atoms with Crippen LogP contribution in [0.25, 0.3) is 0 Å². The Hall–Kier alpha value is -1.97. The van der Waals surface area contributed by atoms with E-state index < -0.39 is 16.0 Å². The summed E-state index contributed by atoms with van der Waals surface area (Å²) in [5, 5.41) is 2.93. The number of carbonyl (C=O) groups is 2. The maximum absolute atomic E-state index is 12.9. The Morgan fingerprint density at radius 2 is 1.81 bits per heavy atom. The lowest BCUT2D eigenvalue weighted by atomic mass is 10.2. The maximum Gasteiger partial charge on any atom is 0.339 e. The summed E-state index contributed by atoms with van der Waals surface area (Å²) in [6, 6.07) is 6.35. The number of nitrogens with one attached hydrogen (secondary N) is 1. The SMILES string of the molecule is COC(=O)c1ccccc1S(=O)(=O)N1CCN(CC(=O)NC2CC2)CC1. The Balaban J connectivity index is 1.65. The average Bonchev–Trinajstić information content (AvgIpc) is 3.45. The van der Waals surface area contributed by atoms with E-state index in [2.05, 4.69) is 10.1 Å². The third kappa shape index (κ3) is 4.22. The van der Waals surface area contributed by atoms with Crippen LogP contribution in [0, 0.1) is 0 Å². The molecule has 0 atom stereocenters. The lowest BCUT2D eigenvalue weighted by molar-refractivity contribution is -0.122. The van der Waals surface area contributed by atoms with Crippen molar-refractivity contribution in [3.05, 3.63) is 29.8 Å². The molecule has 1 saturated heterocycles. The van der Waals surface area contributed by atoms with Crippen LogP contribution in [0.3, 0.4) is 0 Å². The van der Waals surface area contributed by atoms with Gasteiger partial charge in [-0.25, -0.2) is 13.2 Å². The first-order valence-electron chi connectivity index (χ1n) is 8.61. The lowest BCUT2D eigenvalue weighted by Crippen LogP contribution is -2.51. The third-order valence-corrected chi connectivity index (χ3v) is 6.51. The second-order valence-electron chi connectivity index (χ2n) is 6.51. The number of esters is 1. The molecule has 0 radical (unpaired) electrons. The predicted octanol–water partition coefficient (Wildman–Crippen LogP) is 0.0581. The van der Waals surface area contributed by atoms with E-state index in [1.54, 1.807) is 12.1 Å². The number of methoxy groups -OCH3 is 1. The Labute approximate surface area is 153 Å². The van der Waals surface area contributed by atoms with Gasteiger partial charge in [-0.2, -0.15) is 4.31 Å². The molecule has 1 aromatic carbocycles. The Morgan fingerprint density at radius 3 is 2.42 bits per heavy atom. The highest BCUT2D eigenvalue weighted by Crippen LogP contribution is 2.22. The number of hydrogen-bond acceptors (Lipinski definition) is 6. The van der Waals surface area contributed by atoms with Crippen molar-refractivity contribution in [1.82, 2.24) is 14.5 Å². The number of rotatable bonds is 6. The molecule has 26 heavy (non-hydrogen) atoms. The summed E-state index contributed by atoms with van der Waals surface area (Å²) in [7, 11) is -2.58. The average molecular weight is 381 g/mol. The van der Waals surface area contributed by atoms with Crippen LogP contribution in [0.4, 0.5) is 0 Å². The molecular formula is C17H23N3O5S. The summed E-state index contributed by atoms with van der Waals surface area (Å²) in [5.41, 5.74) is 0.0289. The fourth-order valence-corrected chi connectivity index (χ4v) is 4.54. The normalized spacial score (nSPS) is 19.1. The van der Waals surface area contributed by atoms with Crippen molar-refractivity contribution in [3.8, 4) is 0 Å². The predicted molar refractivity (Wildman–Crippen MR) is 94.1 cm³/mol. The summed E-state index contributed by atoms with van der Waals surface area (Å²) >= 11 is 0. The number of carbonyl (C=O) groups excluding carboxylic acids is 2. The van der Waals surface area contributed by atoms with Crippen LogP contribution in [0.1, 0.15) is 23.2 Å². The van der Waals surface area contributed by atoms with E-state index >= 15 is 0 Å². The zero-order chi connectivity index (χ0) is 18.7. The molecule has 2 aliphatic rings. The minimum absolute atomic E-state index is 0.0140. The number of benzene rings is 1. The topological polar surface area (TPSA) is 96.0 Å². The second-order valence-corrected chi connectivity index (χ2v) is 8.42. The van der Waals surface area contributed by atoms with Crippen LogP contribution < -0.4 is 5.32 Å². The molecule has 0 bridgehead atoms. The number of hydrogen-bond donors (Lipinski definition) is 1. The van der Waals surface area contributed by atoms with Crippen molar-refractivity contribution in [3.63, 3.8) is 0 Å². The molecule has 1 heterocycles. The standard InChI is InChI=1S/C17H23N3O5S/c1-25-17(22)14-4-2-3-5-15(14)26(23,24)20-10-8-19(9-11-20)12-16(21)18-13-6-7-13/h2-5,13H,6-12H2,1H3,(H,18,21). The van der Waals surface area contributed by atoms with Gasteiger partial charge in [0.1, 0.15) is 0 Å². The van der Waals surface area contributed by atoms with Crippen LogP contribution in [0.5, 0.6) is 0 Å². The zero-order valence-electron chi connectivity index (χ0n) is 14.7. The molecule has 3 rings (SSSR count). The molecule has 142 valence electrons. The Kier molecular flexibility index (Phi) is 5.59. The van der Waals surface area contributed by atoms with Crippen LogP contribution in [0.2, 0.25) is 0 Å². The van der Waals surface area contributed by atoms with Crippen LogP contribution in [-0.4, -0.2) is 75.4 Å². The van der Waals surface area contributed by atoms with E-state index in [1.807, 2.05) is 4.90 Å². The van der Waals surface area contributed by atoms with Gasteiger partial charge < -0.3 is 10.1 Å². The quantitative estimate of drug-likeness (QED) is 0.700. The van der Waals surface area contributed by atoms with E-state index in [-0.39, 0.29) is 36.0 Å². The number of piperazine rings is 1. The molecular weight excluding hydrogens is 358 g/mol. The van der Waals surface area contributed by atoms with Crippen molar-refractivity contribution in [1.29, 1.82) is 0 Å². The summed E-state index contributed by atoms with van der Waals surface area (Å²) in [4.78, 5) is 25.6. The Bertz CT molecular complexity index is 783. The van der Waals surface area contributed by atoms with Gasteiger partial charge in [-0.3, -0.25) is 9.69 Å². The van der Waals surface area contributed by atoms with Gasteiger partial charge in [0.25, 0.3) is 0 Å². The van der Waals surface area contributed by atoms with Gasteiger partial charge >= 0.3 is 5.97 Å². The largest absolute Gasteiger partial charge is 0.465 e. The molecule has 1 N–H and O–H groups in total. The third-order valence-electron chi connectivity index (χ3n) is 4.55. The van der Waals surface area contributed by atoms with E-state index in [1.165, 1.54) is 23.5 Å². The maximum atomic E-state index is 12.9. The van der Waals surface area contributed by atoms with Gasteiger partial charge in [0, 0.05) is 32.2 Å². The number of nitrogens with zero attached hydrogens (tertiary/aromatic N) is 2. The highest BCUT2D eigenvalue weighted by molar-refractivity contribution is 7.89. The first-order chi connectivity index (χ1) is 12.4. The summed E-state index contributed by atoms with van der Waals surface area (Å²) in [5.74, 6) is -0.695. The van der Waals surface area contributed by atoms with Crippen LogP contribution in [-0.2, 0) is 19.6 Å². The van der Waals surface area contributed by atoms with Crippen LogP contribution >= 0.6 is 0 Å². The first-order valence-corrected chi connectivity index (χ1v) is 10.0. The molecule has 1 amide bonds. The molecule has 0 spiro atoms. The van der Waals surface area contributed by atoms with E-state index in [0.717, 1.165) is 12.8 Å². The van der Waals surface area contributed by atoms with Crippen molar-refractivity contribution >= 4 is 21.9 Å². The molecule has 1 aromatic rings. The fraction of sp³-hybridized carbons (Fsp3) is 0.529. The minimum atomic E-state index is -3.80. The molecule has 1 aliphatic heterocycles. The van der Waals surface area contributed by atoms with Gasteiger partial charge in [-0.15, -0.1) is 0 Å². The molecule has 1 aliphatic carbocycles. The second kappa shape index (κ2) is 7.73. The zero-order valence-corrected chi connectivity index (χ0v) is 15.5. The van der Waals surface area contributed by atoms with Gasteiger partial charge in [0.2, 0.25) is 15.9 Å². The van der Waals surface area contributed by atoms with Gasteiger partial charge in [0.05, 0.1) is 24.1 Å².